The minimum Gasteiger partial charge on any atom is -0.336 e. The minimum absolute atomic E-state index is 0.121. The lowest BCUT2D eigenvalue weighted by Crippen LogP contribution is -2.39. The zero-order chi connectivity index (χ0) is 14.1. The van der Waals surface area contributed by atoms with Gasteiger partial charge in [0.15, 0.2) is 0 Å². The van der Waals surface area contributed by atoms with Crippen LogP contribution in [0.4, 0.5) is 5.95 Å². The molecule has 1 fully saturated rings. The Labute approximate surface area is 116 Å². The summed E-state index contributed by atoms with van der Waals surface area (Å²) < 4.78 is 0. The number of nitrogens with one attached hydrogen (secondary N) is 1. The van der Waals surface area contributed by atoms with E-state index in [4.69, 9.17) is 0 Å². The summed E-state index contributed by atoms with van der Waals surface area (Å²) in [4.78, 5) is 11.4. The van der Waals surface area contributed by atoms with Gasteiger partial charge in [-0.2, -0.15) is 0 Å². The zero-order valence-electron chi connectivity index (χ0n) is 12.8. The summed E-state index contributed by atoms with van der Waals surface area (Å²) >= 11 is 0. The van der Waals surface area contributed by atoms with Gasteiger partial charge in [-0.1, -0.05) is 0 Å². The predicted molar refractivity (Wildman–Crippen MR) is 79.3 cm³/mol. The van der Waals surface area contributed by atoms with Crippen molar-refractivity contribution in [2.75, 3.05) is 11.4 Å². The molecular formula is C15H26N4. The molecule has 0 bridgehead atoms. The third kappa shape index (κ3) is 3.66. The van der Waals surface area contributed by atoms with Gasteiger partial charge in [0.05, 0.1) is 0 Å². The molecule has 0 unspecified atom stereocenters. The molecule has 0 aliphatic carbocycles. The summed E-state index contributed by atoms with van der Waals surface area (Å²) in [5.74, 6) is 0.863. The first-order chi connectivity index (χ1) is 8.78. The standard InChI is InChI=1S/C15H26N4/c1-14(2,3)18-11-12-9-16-13(17-10-12)19-8-6-7-15(19,4)5/h9-10,18H,6-8,11H2,1-5H3. The molecule has 1 saturated heterocycles. The number of rotatable bonds is 3. The first kappa shape index (κ1) is 14.3. The average Bonchev–Trinajstić information content (AvgIpc) is 2.66. The van der Waals surface area contributed by atoms with Crippen LogP contribution >= 0.6 is 0 Å². The van der Waals surface area contributed by atoms with Crippen molar-refractivity contribution in [2.45, 2.75) is 65.1 Å². The Balaban J connectivity index is 2.03. The van der Waals surface area contributed by atoms with Crippen molar-refractivity contribution in [3.63, 3.8) is 0 Å². The van der Waals surface area contributed by atoms with Crippen LogP contribution in [-0.4, -0.2) is 27.6 Å². The Morgan fingerprint density at radius 2 is 1.89 bits per heavy atom. The quantitative estimate of drug-likeness (QED) is 0.909. The summed E-state index contributed by atoms with van der Waals surface area (Å²) in [7, 11) is 0. The average molecular weight is 262 g/mol. The number of anilines is 1. The van der Waals surface area contributed by atoms with Crippen molar-refractivity contribution < 1.29 is 0 Å². The molecule has 4 heteroatoms. The molecular weight excluding hydrogens is 236 g/mol. The molecule has 1 aliphatic heterocycles. The molecule has 0 atom stereocenters. The SMILES string of the molecule is CC(C)(C)NCc1cnc(N2CCCC2(C)C)nc1. The molecule has 0 saturated carbocycles. The van der Waals surface area contributed by atoms with Gasteiger partial charge in [-0.3, -0.25) is 0 Å². The minimum atomic E-state index is 0.121. The van der Waals surface area contributed by atoms with E-state index in [2.05, 4.69) is 54.8 Å². The lowest BCUT2D eigenvalue weighted by Gasteiger charge is -2.31. The Morgan fingerprint density at radius 1 is 1.26 bits per heavy atom. The molecule has 4 nitrogen and oxygen atoms in total. The maximum Gasteiger partial charge on any atom is 0.225 e. The maximum atomic E-state index is 4.53. The van der Waals surface area contributed by atoms with Gasteiger partial charge in [-0.05, 0) is 47.5 Å². The Hall–Kier alpha value is -1.16. The molecule has 0 amide bonds. The van der Waals surface area contributed by atoms with E-state index >= 15 is 0 Å². The lowest BCUT2D eigenvalue weighted by atomic mass is 10.0. The van der Waals surface area contributed by atoms with E-state index in [1.165, 1.54) is 12.8 Å². The Morgan fingerprint density at radius 3 is 2.37 bits per heavy atom. The van der Waals surface area contributed by atoms with E-state index in [0.29, 0.717) is 0 Å². The monoisotopic (exact) mass is 262 g/mol. The van der Waals surface area contributed by atoms with Crippen LogP contribution in [0.5, 0.6) is 0 Å². The molecule has 0 spiro atoms. The van der Waals surface area contributed by atoms with E-state index in [1.807, 2.05) is 12.4 Å². The highest BCUT2D eigenvalue weighted by atomic mass is 15.3. The van der Waals surface area contributed by atoms with Crippen LogP contribution < -0.4 is 10.2 Å². The molecule has 1 aromatic rings. The van der Waals surface area contributed by atoms with Gasteiger partial charge in [-0.15, -0.1) is 0 Å². The molecule has 1 N–H and O–H groups in total. The molecule has 2 rings (SSSR count). The van der Waals surface area contributed by atoms with Crippen molar-refractivity contribution in [3.05, 3.63) is 18.0 Å². The molecule has 106 valence electrons. The summed E-state index contributed by atoms with van der Waals surface area (Å²) in [6, 6.07) is 0. The van der Waals surface area contributed by atoms with Gasteiger partial charge in [0, 0.05) is 42.1 Å². The topological polar surface area (TPSA) is 41.1 Å². The summed E-state index contributed by atoms with van der Waals surface area (Å²) in [5, 5.41) is 3.45. The zero-order valence-corrected chi connectivity index (χ0v) is 12.8. The van der Waals surface area contributed by atoms with E-state index in [0.717, 1.165) is 24.6 Å². The van der Waals surface area contributed by atoms with Gasteiger partial charge in [0.1, 0.15) is 0 Å². The number of aromatic nitrogens is 2. The number of nitrogens with zero attached hydrogens (tertiary/aromatic N) is 3. The largest absolute Gasteiger partial charge is 0.336 e. The highest BCUT2D eigenvalue weighted by Crippen LogP contribution is 2.30. The molecule has 0 radical (unpaired) electrons. The molecule has 2 heterocycles. The van der Waals surface area contributed by atoms with Crippen molar-refractivity contribution >= 4 is 5.95 Å². The first-order valence-electron chi connectivity index (χ1n) is 7.12. The van der Waals surface area contributed by atoms with Crippen molar-refractivity contribution in [3.8, 4) is 0 Å². The normalized spacial score (nSPS) is 18.9. The van der Waals surface area contributed by atoms with E-state index in [1.54, 1.807) is 0 Å². The second kappa shape index (κ2) is 5.08. The summed E-state index contributed by atoms with van der Waals surface area (Å²) in [6.07, 6.45) is 6.32. The fourth-order valence-electron chi connectivity index (χ4n) is 2.42. The predicted octanol–water partition coefficient (Wildman–Crippen LogP) is 2.74. The van der Waals surface area contributed by atoms with E-state index in [-0.39, 0.29) is 11.1 Å². The van der Waals surface area contributed by atoms with Crippen molar-refractivity contribution in [2.24, 2.45) is 0 Å². The third-order valence-corrected chi connectivity index (χ3v) is 3.66. The highest BCUT2D eigenvalue weighted by molar-refractivity contribution is 5.36. The Kier molecular flexibility index (Phi) is 3.81. The van der Waals surface area contributed by atoms with Crippen LogP contribution in [0.2, 0.25) is 0 Å². The van der Waals surface area contributed by atoms with Gasteiger partial charge in [0.2, 0.25) is 5.95 Å². The van der Waals surface area contributed by atoms with Crippen LogP contribution in [0.25, 0.3) is 0 Å². The van der Waals surface area contributed by atoms with E-state index in [9.17, 15) is 0 Å². The van der Waals surface area contributed by atoms with Crippen LogP contribution in [0.15, 0.2) is 12.4 Å². The second-order valence-corrected chi connectivity index (χ2v) is 7.06. The fourth-order valence-corrected chi connectivity index (χ4v) is 2.42. The third-order valence-electron chi connectivity index (χ3n) is 3.66. The van der Waals surface area contributed by atoms with Gasteiger partial charge in [-0.25, -0.2) is 9.97 Å². The van der Waals surface area contributed by atoms with Crippen LogP contribution in [-0.2, 0) is 6.54 Å². The van der Waals surface area contributed by atoms with Crippen molar-refractivity contribution in [1.82, 2.24) is 15.3 Å². The Bertz CT molecular complexity index is 417. The first-order valence-corrected chi connectivity index (χ1v) is 7.12. The van der Waals surface area contributed by atoms with Crippen LogP contribution in [0, 0.1) is 0 Å². The maximum absolute atomic E-state index is 4.53. The smallest absolute Gasteiger partial charge is 0.225 e. The number of hydrogen-bond donors (Lipinski definition) is 1. The fraction of sp³-hybridized carbons (Fsp3) is 0.733. The summed E-state index contributed by atoms with van der Waals surface area (Å²) in [5.41, 5.74) is 1.44. The van der Waals surface area contributed by atoms with Crippen LogP contribution in [0.3, 0.4) is 0 Å². The summed E-state index contributed by atoms with van der Waals surface area (Å²) in [6.45, 7) is 12.9. The van der Waals surface area contributed by atoms with Gasteiger partial charge < -0.3 is 10.2 Å². The molecule has 1 aliphatic rings. The number of hydrogen-bond acceptors (Lipinski definition) is 4. The van der Waals surface area contributed by atoms with Gasteiger partial charge >= 0.3 is 0 Å². The van der Waals surface area contributed by atoms with Crippen LogP contribution in [0.1, 0.15) is 53.0 Å². The van der Waals surface area contributed by atoms with Crippen molar-refractivity contribution in [1.29, 1.82) is 0 Å². The van der Waals surface area contributed by atoms with E-state index < -0.39 is 0 Å². The van der Waals surface area contributed by atoms with Gasteiger partial charge in [0.25, 0.3) is 0 Å². The molecule has 19 heavy (non-hydrogen) atoms. The molecule has 1 aromatic heterocycles. The highest BCUT2D eigenvalue weighted by Gasteiger charge is 2.33. The second-order valence-electron chi connectivity index (χ2n) is 7.06. The molecule has 0 aromatic carbocycles. The lowest BCUT2D eigenvalue weighted by molar-refractivity contribution is 0.423.